The lowest BCUT2D eigenvalue weighted by Crippen LogP contribution is -2.26. The highest BCUT2D eigenvalue weighted by molar-refractivity contribution is 5.91. The number of amides is 1. The lowest BCUT2D eigenvalue weighted by Gasteiger charge is -2.18. The highest BCUT2D eigenvalue weighted by atomic mass is 16.5. The Labute approximate surface area is 190 Å². The van der Waals surface area contributed by atoms with Crippen LogP contribution in [-0.4, -0.2) is 25.7 Å². The molecule has 5 heteroatoms. The predicted molar refractivity (Wildman–Crippen MR) is 129 cm³/mol. The van der Waals surface area contributed by atoms with Crippen molar-refractivity contribution < 1.29 is 14.3 Å². The molecule has 0 saturated heterocycles. The van der Waals surface area contributed by atoms with Crippen LogP contribution < -0.4 is 20.1 Å². The van der Waals surface area contributed by atoms with Crippen molar-refractivity contribution >= 4 is 11.6 Å². The fourth-order valence-corrected chi connectivity index (χ4v) is 3.41. The quantitative estimate of drug-likeness (QED) is 0.441. The number of carbonyl (C=O) groups excluding carboxylic acids is 1. The third-order valence-corrected chi connectivity index (χ3v) is 5.31. The number of aryl methyl sites for hydroxylation is 2. The molecule has 1 atom stereocenters. The first-order valence-electron chi connectivity index (χ1n) is 11.0. The topological polar surface area (TPSA) is 59.6 Å². The molecule has 32 heavy (non-hydrogen) atoms. The molecule has 0 radical (unpaired) electrons. The van der Waals surface area contributed by atoms with Crippen molar-refractivity contribution in [1.82, 2.24) is 5.32 Å². The molecule has 0 heterocycles. The normalized spacial score (nSPS) is 11.6. The smallest absolute Gasteiger partial charge is 0.262 e. The fourth-order valence-electron chi connectivity index (χ4n) is 3.41. The van der Waals surface area contributed by atoms with Gasteiger partial charge in [0.15, 0.2) is 18.1 Å². The molecule has 2 N–H and O–H groups in total. The van der Waals surface area contributed by atoms with Gasteiger partial charge in [-0.1, -0.05) is 60.2 Å². The van der Waals surface area contributed by atoms with Crippen LogP contribution in [0.2, 0.25) is 0 Å². The Morgan fingerprint density at radius 1 is 0.969 bits per heavy atom. The molecule has 5 nitrogen and oxygen atoms in total. The Morgan fingerprint density at radius 2 is 1.72 bits per heavy atom. The van der Waals surface area contributed by atoms with Gasteiger partial charge in [0.05, 0.1) is 7.11 Å². The van der Waals surface area contributed by atoms with Gasteiger partial charge in [-0.2, -0.15) is 0 Å². The summed E-state index contributed by atoms with van der Waals surface area (Å²) in [4.78, 5) is 12.4. The van der Waals surface area contributed by atoms with Crippen molar-refractivity contribution in [1.29, 1.82) is 0 Å². The summed E-state index contributed by atoms with van der Waals surface area (Å²) in [6, 6.07) is 24.3. The SMILES string of the molecule is COc1cccc(CNC(C)CCc2ccccc2)c1OCC(=O)Nc1ccc(C)cc1. The molecule has 0 aliphatic rings. The van der Waals surface area contributed by atoms with E-state index in [-0.39, 0.29) is 12.5 Å². The summed E-state index contributed by atoms with van der Waals surface area (Å²) in [7, 11) is 1.61. The minimum atomic E-state index is -0.213. The number of carbonyl (C=O) groups is 1. The van der Waals surface area contributed by atoms with Crippen molar-refractivity contribution in [2.24, 2.45) is 0 Å². The van der Waals surface area contributed by atoms with E-state index in [0.717, 1.165) is 29.7 Å². The molecule has 0 saturated carbocycles. The average molecular weight is 433 g/mol. The van der Waals surface area contributed by atoms with Gasteiger partial charge < -0.3 is 20.1 Å². The Bertz CT molecular complexity index is 988. The van der Waals surface area contributed by atoms with Gasteiger partial charge in [0.2, 0.25) is 0 Å². The number of nitrogens with one attached hydrogen (secondary N) is 2. The summed E-state index contributed by atoms with van der Waals surface area (Å²) in [5, 5.41) is 6.42. The molecule has 0 aromatic heterocycles. The number of anilines is 1. The van der Waals surface area contributed by atoms with Crippen molar-refractivity contribution in [3.8, 4) is 11.5 Å². The largest absolute Gasteiger partial charge is 0.493 e. The van der Waals surface area contributed by atoms with E-state index >= 15 is 0 Å². The summed E-state index contributed by atoms with van der Waals surface area (Å²) >= 11 is 0. The second-order valence-electron chi connectivity index (χ2n) is 7.96. The molecule has 3 rings (SSSR count). The molecule has 0 fully saturated rings. The summed E-state index contributed by atoms with van der Waals surface area (Å²) in [6.45, 7) is 4.72. The Morgan fingerprint density at radius 3 is 2.44 bits per heavy atom. The molecule has 168 valence electrons. The number of para-hydroxylation sites is 1. The van der Waals surface area contributed by atoms with Crippen LogP contribution in [0.1, 0.15) is 30.0 Å². The van der Waals surface area contributed by atoms with E-state index in [4.69, 9.17) is 9.47 Å². The van der Waals surface area contributed by atoms with Crippen LogP contribution in [0.25, 0.3) is 0 Å². The highest BCUT2D eigenvalue weighted by Crippen LogP contribution is 2.31. The average Bonchev–Trinajstić information content (AvgIpc) is 2.82. The first-order chi connectivity index (χ1) is 15.5. The molecular weight excluding hydrogens is 400 g/mol. The molecule has 0 aliphatic heterocycles. The number of benzene rings is 3. The van der Waals surface area contributed by atoms with E-state index < -0.39 is 0 Å². The second kappa shape index (κ2) is 11.9. The zero-order chi connectivity index (χ0) is 22.8. The molecule has 0 aliphatic carbocycles. The first-order valence-corrected chi connectivity index (χ1v) is 11.0. The maximum atomic E-state index is 12.4. The summed E-state index contributed by atoms with van der Waals surface area (Å²) < 4.78 is 11.4. The van der Waals surface area contributed by atoms with Crippen LogP contribution >= 0.6 is 0 Å². The summed E-state index contributed by atoms with van der Waals surface area (Å²) in [5.41, 5.74) is 4.19. The molecular formula is C27H32N2O3. The number of hydrogen-bond acceptors (Lipinski definition) is 4. The number of rotatable bonds is 11. The van der Waals surface area contributed by atoms with Crippen LogP contribution in [0.3, 0.4) is 0 Å². The summed E-state index contributed by atoms with van der Waals surface area (Å²) in [6.07, 6.45) is 2.05. The van der Waals surface area contributed by atoms with E-state index in [0.29, 0.717) is 24.1 Å². The Balaban J connectivity index is 1.56. The zero-order valence-corrected chi connectivity index (χ0v) is 19.1. The highest BCUT2D eigenvalue weighted by Gasteiger charge is 2.14. The van der Waals surface area contributed by atoms with Crippen LogP contribution in [0, 0.1) is 6.92 Å². The summed E-state index contributed by atoms with van der Waals surface area (Å²) in [5.74, 6) is 0.996. The maximum absolute atomic E-state index is 12.4. The van der Waals surface area contributed by atoms with Gasteiger partial charge in [0.1, 0.15) is 0 Å². The third kappa shape index (κ3) is 7.13. The van der Waals surface area contributed by atoms with E-state index in [9.17, 15) is 4.79 Å². The van der Waals surface area contributed by atoms with Gasteiger partial charge >= 0.3 is 0 Å². The second-order valence-corrected chi connectivity index (χ2v) is 7.96. The number of ether oxygens (including phenoxy) is 2. The zero-order valence-electron chi connectivity index (χ0n) is 19.1. The van der Waals surface area contributed by atoms with Crippen LogP contribution in [0.4, 0.5) is 5.69 Å². The lowest BCUT2D eigenvalue weighted by atomic mass is 10.1. The number of hydrogen-bond donors (Lipinski definition) is 2. The monoisotopic (exact) mass is 432 g/mol. The standard InChI is InChI=1S/C27H32N2O3/c1-20-12-16-24(17-13-20)29-26(30)19-32-27-23(10-7-11-25(27)31-3)18-28-21(2)14-15-22-8-5-4-6-9-22/h4-13,16-17,21,28H,14-15,18-19H2,1-3H3,(H,29,30). The van der Waals surface area contributed by atoms with Gasteiger partial charge in [-0.3, -0.25) is 4.79 Å². The number of methoxy groups -OCH3 is 1. The van der Waals surface area contributed by atoms with E-state index in [1.165, 1.54) is 5.56 Å². The first kappa shape index (κ1) is 23.4. The van der Waals surface area contributed by atoms with Crippen LogP contribution in [0.15, 0.2) is 72.8 Å². The molecule has 1 amide bonds. The molecule has 0 spiro atoms. The van der Waals surface area contributed by atoms with Gasteiger partial charge in [0, 0.05) is 23.8 Å². The molecule has 3 aromatic carbocycles. The van der Waals surface area contributed by atoms with E-state index in [2.05, 4.69) is 41.8 Å². The maximum Gasteiger partial charge on any atom is 0.262 e. The molecule has 3 aromatic rings. The van der Waals surface area contributed by atoms with Crippen molar-refractivity contribution in [3.63, 3.8) is 0 Å². The van der Waals surface area contributed by atoms with E-state index in [1.807, 2.05) is 55.5 Å². The molecule has 0 bridgehead atoms. The third-order valence-electron chi connectivity index (χ3n) is 5.31. The van der Waals surface area contributed by atoms with Gasteiger partial charge in [-0.15, -0.1) is 0 Å². The van der Waals surface area contributed by atoms with Crippen LogP contribution in [0.5, 0.6) is 11.5 Å². The van der Waals surface area contributed by atoms with Crippen LogP contribution in [-0.2, 0) is 17.8 Å². The van der Waals surface area contributed by atoms with Gasteiger partial charge in [-0.05, 0) is 50.5 Å². The minimum absolute atomic E-state index is 0.0924. The van der Waals surface area contributed by atoms with E-state index in [1.54, 1.807) is 7.11 Å². The van der Waals surface area contributed by atoms with Crippen molar-refractivity contribution in [2.75, 3.05) is 19.0 Å². The fraction of sp³-hybridized carbons (Fsp3) is 0.296. The predicted octanol–water partition coefficient (Wildman–Crippen LogP) is 5.13. The van der Waals surface area contributed by atoms with Gasteiger partial charge in [-0.25, -0.2) is 0 Å². The van der Waals surface area contributed by atoms with Crippen molar-refractivity contribution in [3.05, 3.63) is 89.5 Å². The molecule has 1 unspecified atom stereocenters. The van der Waals surface area contributed by atoms with Gasteiger partial charge in [0.25, 0.3) is 5.91 Å². The Kier molecular flexibility index (Phi) is 8.70. The minimum Gasteiger partial charge on any atom is -0.493 e. The van der Waals surface area contributed by atoms with Crippen molar-refractivity contribution in [2.45, 2.75) is 39.3 Å². The lowest BCUT2D eigenvalue weighted by molar-refractivity contribution is -0.118. The Hall–Kier alpha value is -3.31.